The third kappa shape index (κ3) is 4.17. The first-order chi connectivity index (χ1) is 8.25. The molecule has 98 valence electrons. The number of allylic oxidation sites excluding steroid dienone is 1. The SMILES string of the molecule is Cl.NC(=O)c1ccc(/C=C/C2CCNCC2)cc1. The highest BCUT2D eigenvalue weighted by Gasteiger charge is 2.08. The fourth-order valence-corrected chi connectivity index (χ4v) is 2.04. The van der Waals surface area contributed by atoms with Crippen molar-refractivity contribution in [3.8, 4) is 0 Å². The van der Waals surface area contributed by atoms with Crippen molar-refractivity contribution in [2.45, 2.75) is 12.8 Å². The molecule has 1 amide bonds. The summed E-state index contributed by atoms with van der Waals surface area (Å²) in [6, 6.07) is 7.39. The topological polar surface area (TPSA) is 55.1 Å². The number of carbonyl (C=O) groups excluding carboxylic acids is 1. The highest BCUT2D eigenvalue weighted by atomic mass is 35.5. The Morgan fingerprint density at radius 2 is 1.83 bits per heavy atom. The highest BCUT2D eigenvalue weighted by molar-refractivity contribution is 5.92. The molecule has 0 unspecified atom stereocenters. The number of nitrogens with two attached hydrogens (primary N) is 1. The zero-order chi connectivity index (χ0) is 12.1. The predicted molar refractivity (Wildman–Crippen MR) is 76.8 cm³/mol. The standard InChI is InChI=1S/C14H18N2O.ClH/c15-14(17)13-5-3-11(4-6-13)1-2-12-7-9-16-10-8-12;/h1-6,12,16H,7-10H2,(H2,15,17);1H/b2-1+;. The Morgan fingerprint density at radius 1 is 1.22 bits per heavy atom. The summed E-state index contributed by atoms with van der Waals surface area (Å²) < 4.78 is 0. The van der Waals surface area contributed by atoms with E-state index in [0.29, 0.717) is 11.5 Å². The Morgan fingerprint density at radius 3 is 2.39 bits per heavy atom. The Balaban J connectivity index is 0.00000162. The average Bonchev–Trinajstić information content (AvgIpc) is 2.38. The monoisotopic (exact) mass is 266 g/mol. The van der Waals surface area contributed by atoms with E-state index in [1.165, 1.54) is 12.8 Å². The molecule has 0 radical (unpaired) electrons. The van der Waals surface area contributed by atoms with Gasteiger partial charge in [0.1, 0.15) is 0 Å². The van der Waals surface area contributed by atoms with Crippen molar-refractivity contribution in [3.63, 3.8) is 0 Å². The molecule has 4 heteroatoms. The van der Waals surface area contributed by atoms with E-state index in [2.05, 4.69) is 17.5 Å². The fraction of sp³-hybridized carbons (Fsp3) is 0.357. The molecule has 2 rings (SSSR count). The van der Waals surface area contributed by atoms with E-state index in [-0.39, 0.29) is 18.3 Å². The van der Waals surface area contributed by atoms with Crippen LogP contribution in [-0.4, -0.2) is 19.0 Å². The summed E-state index contributed by atoms with van der Waals surface area (Å²) in [6.07, 6.45) is 6.80. The largest absolute Gasteiger partial charge is 0.366 e. The van der Waals surface area contributed by atoms with Crippen LogP contribution in [0.3, 0.4) is 0 Å². The van der Waals surface area contributed by atoms with Crippen molar-refractivity contribution in [1.82, 2.24) is 5.32 Å². The molecule has 0 spiro atoms. The van der Waals surface area contributed by atoms with Gasteiger partial charge in [0.25, 0.3) is 0 Å². The lowest BCUT2D eigenvalue weighted by Gasteiger charge is -2.19. The van der Waals surface area contributed by atoms with E-state index < -0.39 is 0 Å². The minimum atomic E-state index is -0.376. The molecule has 0 aliphatic carbocycles. The number of nitrogens with one attached hydrogen (secondary N) is 1. The summed E-state index contributed by atoms with van der Waals surface area (Å²) in [5, 5.41) is 3.35. The predicted octanol–water partition coefficient (Wildman–Crippen LogP) is 2.22. The first kappa shape index (κ1) is 14.7. The lowest BCUT2D eigenvalue weighted by atomic mass is 9.97. The summed E-state index contributed by atoms with van der Waals surface area (Å²) in [5.74, 6) is 0.297. The van der Waals surface area contributed by atoms with Gasteiger partial charge in [-0.1, -0.05) is 24.3 Å². The van der Waals surface area contributed by atoms with Crippen LogP contribution in [0, 0.1) is 5.92 Å². The second-order valence-electron chi connectivity index (χ2n) is 4.43. The number of rotatable bonds is 3. The molecule has 1 heterocycles. The summed E-state index contributed by atoms with van der Waals surface area (Å²) in [7, 11) is 0. The molecular weight excluding hydrogens is 248 g/mol. The van der Waals surface area contributed by atoms with Crippen LogP contribution in [0.2, 0.25) is 0 Å². The van der Waals surface area contributed by atoms with Crippen LogP contribution in [0.15, 0.2) is 30.3 Å². The Kier molecular flexibility index (Phi) is 5.89. The van der Waals surface area contributed by atoms with Crippen LogP contribution in [0.25, 0.3) is 6.08 Å². The number of amides is 1. The van der Waals surface area contributed by atoms with Gasteiger partial charge in [0.05, 0.1) is 0 Å². The number of hydrogen-bond acceptors (Lipinski definition) is 2. The summed E-state index contributed by atoms with van der Waals surface area (Å²) >= 11 is 0. The van der Waals surface area contributed by atoms with Gasteiger partial charge in [-0.2, -0.15) is 0 Å². The van der Waals surface area contributed by atoms with E-state index in [4.69, 9.17) is 5.73 Å². The minimum absolute atomic E-state index is 0. The summed E-state index contributed by atoms with van der Waals surface area (Å²) in [4.78, 5) is 10.9. The molecule has 0 bridgehead atoms. The zero-order valence-electron chi connectivity index (χ0n) is 10.3. The molecule has 1 aromatic rings. The Hall–Kier alpha value is -1.32. The smallest absolute Gasteiger partial charge is 0.248 e. The van der Waals surface area contributed by atoms with Gasteiger partial charge in [-0.15, -0.1) is 12.4 Å². The van der Waals surface area contributed by atoms with Crippen molar-refractivity contribution >= 4 is 24.4 Å². The molecule has 1 aliphatic heterocycles. The first-order valence-electron chi connectivity index (χ1n) is 6.04. The third-order valence-electron chi connectivity index (χ3n) is 3.14. The Bertz CT molecular complexity index is 408. The lowest BCUT2D eigenvalue weighted by molar-refractivity contribution is 0.100. The average molecular weight is 267 g/mol. The van der Waals surface area contributed by atoms with Gasteiger partial charge in [-0.25, -0.2) is 0 Å². The van der Waals surface area contributed by atoms with Crippen LogP contribution in [0.5, 0.6) is 0 Å². The number of halogens is 1. The van der Waals surface area contributed by atoms with Crippen molar-refractivity contribution in [2.75, 3.05) is 13.1 Å². The van der Waals surface area contributed by atoms with Gasteiger partial charge in [-0.3, -0.25) is 4.79 Å². The van der Waals surface area contributed by atoms with Crippen molar-refractivity contribution in [2.24, 2.45) is 11.7 Å². The van der Waals surface area contributed by atoms with Gasteiger partial charge in [0.2, 0.25) is 5.91 Å². The van der Waals surface area contributed by atoms with Crippen LogP contribution in [0.1, 0.15) is 28.8 Å². The van der Waals surface area contributed by atoms with E-state index in [1.807, 2.05) is 12.1 Å². The molecule has 1 saturated heterocycles. The molecule has 1 fully saturated rings. The molecular formula is C14H19ClN2O. The Labute approximate surface area is 114 Å². The quantitative estimate of drug-likeness (QED) is 0.881. The van der Waals surface area contributed by atoms with Crippen molar-refractivity contribution < 1.29 is 4.79 Å². The number of hydrogen-bond donors (Lipinski definition) is 2. The van der Waals surface area contributed by atoms with E-state index in [9.17, 15) is 4.79 Å². The number of carbonyl (C=O) groups is 1. The van der Waals surface area contributed by atoms with E-state index in [1.54, 1.807) is 12.1 Å². The summed E-state index contributed by atoms with van der Waals surface area (Å²) in [6.45, 7) is 2.21. The number of piperidine rings is 1. The van der Waals surface area contributed by atoms with Crippen LogP contribution < -0.4 is 11.1 Å². The van der Waals surface area contributed by atoms with Gasteiger partial charge in [0.15, 0.2) is 0 Å². The summed E-state index contributed by atoms with van der Waals surface area (Å²) in [5.41, 5.74) is 6.87. The number of primary amides is 1. The third-order valence-corrected chi connectivity index (χ3v) is 3.14. The molecule has 18 heavy (non-hydrogen) atoms. The molecule has 0 atom stereocenters. The van der Waals surface area contributed by atoms with E-state index >= 15 is 0 Å². The maximum Gasteiger partial charge on any atom is 0.248 e. The fourth-order valence-electron chi connectivity index (χ4n) is 2.04. The molecule has 3 N–H and O–H groups in total. The highest BCUT2D eigenvalue weighted by Crippen LogP contribution is 2.15. The van der Waals surface area contributed by atoms with Crippen LogP contribution in [0.4, 0.5) is 0 Å². The van der Waals surface area contributed by atoms with Crippen LogP contribution >= 0.6 is 12.4 Å². The second kappa shape index (κ2) is 7.19. The van der Waals surface area contributed by atoms with Crippen molar-refractivity contribution in [3.05, 3.63) is 41.5 Å². The molecule has 1 aliphatic rings. The van der Waals surface area contributed by atoms with Gasteiger partial charge >= 0.3 is 0 Å². The van der Waals surface area contributed by atoms with Gasteiger partial charge < -0.3 is 11.1 Å². The normalized spacial score (nSPS) is 16.4. The molecule has 3 nitrogen and oxygen atoms in total. The maximum atomic E-state index is 10.9. The minimum Gasteiger partial charge on any atom is -0.366 e. The molecule has 1 aromatic carbocycles. The van der Waals surface area contributed by atoms with Gasteiger partial charge in [0, 0.05) is 5.56 Å². The molecule has 0 saturated carbocycles. The zero-order valence-corrected chi connectivity index (χ0v) is 11.1. The van der Waals surface area contributed by atoms with Gasteiger partial charge in [-0.05, 0) is 49.5 Å². The lowest BCUT2D eigenvalue weighted by Crippen LogP contribution is -2.26. The number of benzene rings is 1. The first-order valence-corrected chi connectivity index (χ1v) is 6.04. The molecule has 0 aromatic heterocycles. The van der Waals surface area contributed by atoms with Crippen molar-refractivity contribution in [1.29, 1.82) is 0 Å². The van der Waals surface area contributed by atoms with E-state index in [0.717, 1.165) is 18.7 Å². The second-order valence-corrected chi connectivity index (χ2v) is 4.43. The maximum absolute atomic E-state index is 10.9. The van der Waals surface area contributed by atoms with Crippen LogP contribution in [-0.2, 0) is 0 Å².